The van der Waals surface area contributed by atoms with Crippen molar-refractivity contribution in [2.24, 2.45) is 0 Å². The zero-order valence-corrected chi connectivity index (χ0v) is 8.62. The van der Waals surface area contributed by atoms with E-state index in [0.717, 1.165) is 17.6 Å². The first-order valence-corrected chi connectivity index (χ1v) is 4.88. The molecule has 0 amide bonds. The second-order valence-electron chi connectivity index (χ2n) is 3.66. The summed E-state index contributed by atoms with van der Waals surface area (Å²) in [6.07, 6.45) is 1.98. The summed E-state index contributed by atoms with van der Waals surface area (Å²) >= 11 is 0. The monoisotopic (exact) mass is 188 g/mol. The van der Waals surface area contributed by atoms with Gasteiger partial charge >= 0.3 is 0 Å². The maximum atomic E-state index is 11.5. The lowest BCUT2D eigenvalue weighted by molar-refractivity contribution is -0.118. The van der Waals surface area contributed by atoms with Crippen molar-refractivity contribution in [3.63, 3.8) is 0 Å². The Kier molecular flexibility index (Phi) is 4.11. The van der Waals surface area contributed by atoms with E-state index in [1.165, 1.54) is 0 Å². The summed E-state index contributed by atoms with van der Waals surface area (Å²) in [7, 11) is 0. The van der Waals surface area contributed by atoms with Crippen LogP contribution < -0.4 is 0 Å². The van der Waals surface area contributed by atoms with Gasteiger partial charge in [-0.05, 0) is 18.9 Å². The number of carbonyl (C=O) groups is 1. The van der Waals surface area contributed by atoms with Gasteiger partial charge in [0.15, 0.2) is 0 Å². The van der Waals surface area contributed by atoms with Crippen molar-refractivity contribution >= 4 is 5.78 Å². The van der Waals surface area contributed by atoms with Crippen molar-refractivity contribution in [1.29, 1.82) is 0 Å². The highest BCUT2D eigenvalue weighted by Crippen LogP contribution is 2.06. The van der Waals surface area contributed by atoms with Gasteiger partial charge in [0.25, 0.3) is 0 Å². The minimum Gasteiger partial charge on any atom is -0.299 e. The molecule has 0 spiro atoms. The van der Waals surface area contributed by atoms with Crippen LogP contribution in [0.25, 0.3) is 0 Å². The topological polar surface area (TPSA) is 17.1 Å². The molecule has 0 radical (unpaired) electrons. The number of ketones is 1. The van der Waals surface area contributed by atoms with Crippen molar-refractivity contribution in [2.75, 3.05) is 0 Å². The SMILES string of the molecule is C=C(C)CCC(=O)Cc1ccccc1. The van der Waals surface area contributed by atoms with E-state index in [1.807, 2.05) is 37.3 Å². The summed E-state index contributed by atoms with van der Waals surface area (Å²) in [4.78, 5) is 11.5. The second-order valence-corrected chi connectivity index (χ2v) is 3.66. The molecule has 0 fully saturated rings. The highest BCUT2D eigenvalue weighted by atomic mass is 16.1. The third-order valence-electron chi connectivity index (χ3n) is 2.07. The lowest BCUT2D eigenvalue weighted by Gasteiger charge is -2.00. The Morgan fingerprint density at radius 2 is 1.86 bits per heavy atom. The van der Waals surface area contributed by atoms with Crippen LogP contribution in [0.15, 0.2) is 42.5 Å². The predicted molar refractivity (Wildman–Crippen MR) is 59.2 cm³/mol. The molecule has 0 atom stereocenters. The van der Waals surface area contributed by atoms with Crippen LogP contribution in [-0.2, 0) is 11.2 Å². The molecule has 0 aliphatic rings. The molecule has 14 heavy (non-hydrogen) atoms. The first-order chi connectivity index (χ1) is 6.68. The Bertz CT molecular complexity index is 311. The minimum atomic E-state index is 0.291. The average molecular weight is 188 g/mol. The third-order valence-corrected chi connectivity index (χ3v) is 2.07. The number of hydrogen-bond acceptors (Lipinski definition) is 1. The van der Waals surface area contributed by atoms with Gasteiger partial charge in [0.2, 0.25) is 0 Å². The Morgan fingerprint density at radius 1 is 1.21 bits per heavy atom. The van der Waals surface area contributed by atoms with Gasteiger partial charge < -0.3 is 0 Å². The van der Waals surface area contributed by atoms with Crippen LogP contribution in [0.2, 0.25) is 0 Å². The summed E-state index contributed by atoms with van der Waals surface area (Å²) in [6, 6.07) is 9.85. The van der Waals surface area contributed by atoms with Crippen LogP contribution in [0.1, 0.15) is 25.3 Å². The Labute approximate surface area is 85.5 Å². The van der Waals surface area contributed by atoms with Crippen molar-refractivity contribution < 1.29 is 4.79 Å². The van der Waals surface area contributed by atoms with Crippen LogP contribution in [0, 0.1) is 0 Å². The number of benzene rings is 1. The van der Waals surface area contributed by atoms with Gasteiger partial charge in [-0.3, -0.25) is 4.79 Å². The van der Waals surface area contributed by atoms with Crippen LogP contribution in [0.3, 0.4) is 0 Å². The molecule has 1 rings (SSSR count). The lowest BCUT2D eigenvalue weighted by atomic mass is 10.0. The molecule has 0 aliphatic heterocycles. The Balaban J connectivity index is 2.38. The first-order valence-electron chi connectivity index (χ1n) is 4.88. The van der Waals surface area contributed by atoms with Crippen LogP contribution in [-0.4, -0.2) is 5.78 Å². The highest BCUT2D eigenvalue weighted by molar-refractivity contribution is 5.81. The largest absolute Gasteiger partial charge is 0.299 e. The number of rotatable bonds is 5. The van der Waals surface area contributed by atoms with Crippen molar-refractivity contribution in [1.82, 2.24) is 0 Å². The van der Waals surface area contributed by atoms with Gasteiger partial charge in [0.05, 0.1) is 0 Å². The molecule has 74 valence electrons. The quantitative estimate of drug-likeness (QED) is 0.649. The highest BCUT2D eigenvalue weighted by Gasteiger charge is 2.02. The van der Waals surface area contributed by atoms with Gasteiger partial charge in [0, 0.05) is 12.8 Å². The molecule has 1 nitrogen and oxygen atoms in total. The molecular formula is C13H16O. The van der Waals surface area contributed by atoms with E-state index in [0.29, 0.717) is 18.6 Å². The number of allylic oxidation sites excluding steroid dienone is 1. The molecule has 0 N–H and O–H groups in total. The van der Waals surface area contributed by atoms with Gasteiger partial charge in [-0.15, -0.1) is 6.58 Å². The van der Waals surface area contributed by atoms with Gasteiger partial charge in [-0.2, -0.15) is 0 Å². The van der Waals surface area contributed by atoms with Crippen molar-refractivity contribution in [2.45, 2.75) is 26.2 Å². The van der Waals surface area contributed by atoms with Crippen LogP contribution in [0.4, 0.5) is 0 Å². The fourth-order valence-electron chi connectivity index (χ4n) is 1.26. The van der Waals surface area contributed by atoms with E-state index in [9.17, 15) is 4.79 Å². The van der Waals surface area contributed by atoms with Gasteiger partial charge in [-0.25, -0.2) is 0 Å². The molecule has 0 bridgehead atoms. The third kappa shape index (κ3) is 4.04. The average Bonchev–Trinajstić information content (AvgIpc) is 2.16. The predicted octanol–water partition coefficient (Wildman–Crippen LogP) is 3.15. The fourth-order valence-corrected chi connectivity index (χ4v) is 1.26. The lowest BCUT2D eigenvalue weighted by Crippen LogP contribution is -2.02. The zero-order chi connectivity index (χ0) is 10.4. The van der Waals surface area contributed by atoms with Crippen LogP contribution >= 0.6 is 0 Å². The van der Waals surface area contributed by atoms with E-state index in [2.05, 4.69) is 6.58 Å². The zero-order valence-electron chi connectivity index (χ0n) is 8.62. The molecule has 0 aromatic heterocycles. The summed E-state index contributed by atoms with van der Waals surface area (Å²) in [5.74, 6) is 0.291. The molecule has 0 saturated carbocycles. The summed E-state index contributed by atoms with van der Waals surface area (Å²) in [6.45, 7) is 5.74. The molecule has 1 heteroatoms. The smallest absolute Gasteiger partial charge is 0.137 e. The van der Waals surface area contributed by atoms with Gasteiger partial charge in [-0.1, -0.05) is 35.9 Å². The summed E-state index contributed by atoms with van der Waals surface area (Å²) < 4.78 is 0. The fraction of sp³-hybridized carbons (Fsp3) is 0.308. The van der Waals surface area contributed by atoms with E-state index in [-0.39, 0.29) is 0 Å². The maximum Gasteiger partial charge on any atom is 0.137 e. The molecular weight excluding hydrogens is 172 g/mol. The molecule has 0 unspecified atom stereocenters. The maximum absolute atomic E-state index is 11.5. The standard InChI is InChI=1S/C13H16O/c1-11(2)8-9-13(14)10-12-6-4-3-5-7-12/h3-7H,1,8-10H2,2H3. The molecule has 0 saturated heterocycles. The number of Topliss-reactive ketones (excluding diaryl/α,β-unsaturated/α-hetero) is 1. The Morgan fingerprint density at radius 3 is 2.43 bits per heavy atom. The van der Waals surface area contributed by atoms with E-state index < -0.39 is 0 Å². The summed E-state index contributed by atoms with van der Waals surface area (Å²) in [5, 5.41) is 0. The summed E-state index contributed by atoms with van der Waals surface area (Å²) in [5.41, 5.74) is 2.17. The van der Waals surface area contributed by atoms with E-state index in [4.69, 9.17) is 0 Å². The van der Waals surface area contributed by atoms with E-state index in [1.54, 1.807) is 0 Å². The molecule has 0 heterocycles. The van der Waals surface area contributed by atoms with Crippen molar-refractivity contribution in [3.05, 3.63) is 48.0 Å². The molecule has 0 aliphatic carbocycles. The number of carbonyl (C=O) groups excluding carboxylic acids is 1. The Hall–Kier alpha value is -1.37. The molecule has 1 aromatic rings. The second kappa shape index (κ2) is 5.38. The van der Waals surface area contributed by atoms with Gasteiger partial charge in [0.1, 0.15) is 5.78 Å². The first kappa shape index (κ1) is 10.7. The van der Waals surface area contributed by atoms with Crippen molar-refractivity contribution in [3.8, 4) is 0 Å². The van der Waals surface area contributed by atoms with E-state index >= 15 is 0 Å². The van der Waals surface area contributed by atoms with Crippen LogP contribution in [0.5, 0.6) is 0 Å². The molecule has 1 aromatic carbocycles. The number of hydrogen-bond donors (Lipinski definition) is 0. The normalized spacial score (nSPS) is 9.79. The minimum absolute atomic E-state index is 0.291.